The Labute approximate surface area is 128 Å². The lowest BCUT2D eigenvalue weighted by atomic mass is 9.80. The van der Waals surface area contributed by atoms with Crippen LogP contribution in [0.1, 0.15) is 38.8 Å². The molecule has 5 heteroatoms. The Morgan fingerprint density at radius 2 is 2.05 bits per heavy atom. The zero-order chi connectivity index (χ0) is 15.3. The minimum Gasteiger partial charge on any atom is -0.478 e. The minimum absolute atomic E-state index is 0.323. The number of likely N-dealkylation sites (tertiary alicyclic amines) is 1. The van der Waals surface area contributed by atoms with E-state index in [1.807, 2.05) is 13.0 Å². The van der Waals surface area contributed by atoms with Crippen LogP contribution in [0.15, 0.2) is 6.07 Å². The molecule has 0 bridgehead atoms. The molecule has 1 N–H and O–H groups in total. The number of rotatable bonds is 6. The zero-order valence-corrected chi connectivity index (χ0v) is 13.8. The van der Waals surface area contributed by atoms with Crippen molar-refractivity contribution in [2.24, 2.45) is 5.41 Å². The summed E-state index contributed by atoms with van der Waals surface area (Å²) in [7, 11) is 2.19. The number of aromatic nitrogens is 2. The van der Waals surface area contributed by atoms with Gasteiger partial charge in [0, 0.05) is 18.3 Å². The Hall–Kier alpha value is -1.36. The largest absolute Gasteiger partial charge is 0.478 e. The minimum atomic E-state index is 0.323. The molecule has 1 aliphatic heterocycles. The van der Waals surface area contributed by atoms with E-state index in [1.165, 1.54) is 12.8 Å². The third-order valence-electron chi connectivity index (χ3n) is 4.15. The number of hydrogen-bond donors (Lipinski definition) is 1. The van der Waals surface area contributed by atoms with E-state index in [0.29, 0.717) is 23.9 Å². The van der Waals surface area contributed by atoms with E-state index >= 15 is 0 Å². The maximum atomic E-state index is 5.61. The molecule has 0 aromatic carbocycles. The predicted octanol–water partition coefficient (Wildman–Crippen LogP) is 2.72. The van der Waals surface area contributed by atoms with Crippen molar-refractivity contribution in [2.75, 3.05) is 38.6 Å². The maximum absolute atomic E-state index is 5.61. The molecule has 1 aromatic rings. The van der Waals surface area contributed by atoms with E-state index in [2.05, 4.69) is 41.1 Å². The van der Waals surface area contributed by atoms with Crippen LogP contribution in [0.3, 0.4) is 0 Å². The van der Waals surface area contributed by atoms with Crippen molar-refractivity contribution >= 4 is 5.95 Å². The summed E-state index contributed by atoms with van der Waals surface area (Å²) in [6.45, 7) is 10.3. The fourth-order valence-corrected chi connectivity index (χ4v) is 2.53. The van der Waals surface area contributed by atoms with Crippen LogP contribution in [0.2, 0.25) is 0 Å². The molecule has 0 saturated carbocycles. The number of ether oxygens (including phenoxy) is 1. The molecular weight excluding hydrogens is 264 g/mol. The topological polar surface area (TPSA) is 50.3 Å². The smallest absolute Gasteiger partial charge is 0.226 e. The van der Waals surface area contributed by atoms with Gasteiger partial charge in [0.05, 0.1) is 6.61 Å². The van der Waals surface area contributed by atoms with Crippen molar-refractivity contribution < 1.29 is 4.74 Å². The molecule has 0 radical (unpaired) electrons. The summed E-state index contributed by atoms with van der Waals surface area (Å²) in [5.74, 6) is 1.35. The molecule has 1 aliphatic rings. The van der Waals surface area contributed by atoms with E-state index in [1.54, 1.807) is 0 Å². The molecule has 0 spiro atoms. The van der Waals surface area contributed by atoms with Crippen LogP contribution in [-0.2, 0) is 0 Å². The normalized spacial score (nSPS) is 18.5. The summed E-state index contributed by atoms with van der Waals surface area (Å²) in [4.78, 5) is 11.3. The molecule has 2 rings (SSSR count). The van der Waals surface area contributed by atoms with Crippen LogP contribution in [0.4, 0.5) is 5.95 Å². The molecule has 21 heavy (non-hydrogen) atoms. The standard InChI is InChI=1S/C16H28N4O/c1-5-10-21-14-11-13(2)18-15(19-14)17-12-16(3)6-8-20(4)9-7-16/h11H,5-10,12H2,1-4H3,(H,17,18,19). The van der Waals surface area contributed by atoms with Gasteiger partial charge in [-0.15, -0.1) is 0 Å². The first-order valence-corrected chi connectivity index (χ1v) is 7.92. The van der Waals surface area contributed by atoms with Crippen LogP contribution in [0.25, 0.3) is 0 Å². The summed E-state index contributed by atoms with van der Waals surface area (Å²) >= 11 is 0. The first-order chi connectivity index (χ1) is 10.0. The fourth-order valence-electron chi connectivity index (χ4n) is 2.53. The molecule has 1 saturated heterocycles. The highest BCUT2D eigenvalue weighted by molar-refractivity contribution is 5.31. The lowest BCUT2D eigenvalue weighted by molar-refractivity contribution is 0.150. The van der Waals surface area contributed by atoms with Gasteiger partial charge in [-0.05, 0) is 51.7 Å². The van der Waals surface area contributed by atoms with Gasteiger partial charge in [0.15, 0.2) is 0 Å². The molecule has 118 valence electrons. The van der Waals surface area contributed by atoms with Gasteiger partial charge >= 0.3 is 0 Å². The Balaban J connectivity index is 1.94. The molecule has 2 heterocycles. The fraction of sp³-hybridized carbons (Fsp3) is 0.750. The van der Waals surface area contributed by atoms with E-state index in [4.69, 9.17) is 4.74 Å². The highest BCUT2D eigenvalue weighted by Crippen LogP contribution is 2.30. The first kappa shape index (κ1) is 16.0. The summed E-state index contributed by atoms with van der Waals surface area (Å²) in [6.07, 6.45) is 3.40. The Bertz CT molecular complexity index is 456. The number of nitrogens with one attached hydrogen (secondary N) is 1. The SMILES string of the molecule is CCCOc1cc(C)nc(NCC2(C)CCN(C)CC2)n1. The molecule has 1 aromatic heterocycles. The summed E-state index contributed by atoms with van der Waals surface area (Å²) in [6, 6.07) is 1.89. The third kappa shape index (κ3) is 4.84. The van der Waals surface area contributed by atoms with Gasteiger partial charge in [-0.1, -0.05) is 13.8 Å². The molecule has 1 fully saturated rings. The van der Waals surface area contributed by atoms with E-state index in [9.17, 15) is 0 Å². The molecular formula is C16H28N4O. The van der Waals surface area contributed by atoms with Gasteiger partial charge in [0.1, 0.15) is 0 Å². The molecule has 0 atom stereocenters. The number of piperidine rings is 1. The highest BCUT2D eigenvalue weighted by atomic mass is 16.5. The van der Waals surface area contributed by atoms with Crippen LogP contribution >= 0.6 is 0 Å². The number of nitrogens with zero attached hydrogens (tertiary/aromatic N) is 3. The van der Waals surface area contributed by atoms with E-state index < -0.39 is 0 Å². The second kappa shape index (κ2) is 7.07. The van der Waals surface area contributed by atoms with Crippen LogP contribution < -0.4 is 10.1 Å². The third-order valence-corrected chi connectivity index (χ3v) is 4.15. The van der Waals surface area contributed by atoms with Gasteiger partial charge in [0.25, 0.3) is 0 Å². The van der Waals surface area contributed by atoms with Crippen molar-refractivity contribution in [3.63, 3.8) is 0 Å². The second-order valence-electron chi connectivity index (χ2n) is 6.49. The van der Waals surface area contributed by atoms with Gasteiger partial charge in [-0.25, -0.2) is 4.98 Å². The zero-order valence-electron chi connectivity index (χ0n) is 13.8. The lowest BCUT2D eigenvalue weighted by Gasteiger charge is -2.37. The van der Waals surface area contributed by atoms with Crippen LogP contribution in [0.5, 0.6) is 5.88 Å². The van der Waals surface area contributed by atoms with Crippen molar-refractivity contribution in [3.8, 4) is 5.88 Å². The monoisotopic (exact) mass is 292 g/mol. The molecule has 5 nitrogen and oxygen atoms in total. The predicted molar refractivity (Wildman–Crippen MR) is 85.9 cm³/mol. The number of anilines is 1. The van der Waals surface area contributed by atoms with Crippen molar-refractivity contribution in [2.45, 2.75) is 40.0 Å². The Morgan fingerprint density at radius 3 is 2.71 bits per heavy atom. The average Bonchev–Trinajstić information content (AvgIpc) is 2.46. The van der Waals surface area contributed by atoms with E-state index in [-0.39, 0.29) is 0 Å². The van der Waals surface area contributed by atoms with Crippen LogP contribution in [0, 0.1) is 12.3 Å². The second-order valence-corrected chi connectivity index (χ2v) is 6.49. The van der Waals surface area contributed by atoms with Crippen molar-refractivity contribution in [1.29, 1.82) is 0 Å². The maximum Gasteiger partial charge on any atom is 0.226 e. The van der Waals surface area contributed by atoms with Crippen molar-refractivity contribution in [3.05, 3.63) is 11.8 Å². The van der Waals surface area contributed by atoms with Crippen LogP contribution in [-0.4, -0.2) is 48.2 Å². The summed E-state index contributed by atoms with van der Waals surface area (Å²) in [5, 5.41) is 3.41. The summed E-state index contributed by atoms with van der Waals surface area (Å²) < 4.78 is 5.61. The number of hydrogen-bond acceptors (Lipinski definition) is 5. The van der Waals surface area contributed by atoms with E-state index in [0.717, 1.165) is 31.7 Å². The van der Waals surface area contributed by atoms with Gasteiger partial charge in [-0.2, -0.15) is 4.98 Å². The molecule has 0 unspecified atom stereocenters. The quantitative estimate of drug-likeness (QED) is 0.873. The lowest BCUT2D eigenvalue weighted by Crippen LogP contribution is -2.40. The average molecular weight is 292 g/mol. The first-order valence-electron chi connectivity index (χ1n) is 7.92. The number of aryl methyl sites for hydroxylation is 1. The molecule has 0 aliphatic carbocycles. The Kier molecular flexibility index (Phi) is 5.39. The van der Waals surface area contributed by atoms with Gasteiger partial charge < -0.3 is 15.0 Å². The van der Waals surface area contributed by atoms with Gasteiger partial charge in [0.2, 0.25) is 11.8 Å². The summed E-state index contributed by atoms with van der Waals surface area (Å²) in [5.41, 5.74) is 1.26. The molecule has 0 amide bonds. The van der Waals surface area contributed by atoms with Gasteiger partial charge in [-0.3, -0.25) is 0 Å². The Morgan fingerprint density at radius 1 is 1.33 bits per heavy atom. The van der Waals surface area contributed by atoms with Crippen molar-refractivity contribution in [1.82, 2.24) is 14.9 Å². The highest BCUT2D eigenvalue weighted by Gasteiger charge is 2.28.